The molecule has 0 bridgehead atoms. The Balaban J connectivity index is 2.22. The molecule has 1 heterocycles. The number of nitrogens with zero attached hydrogens (tertiary/aromatic N) is 1. The third-order valence-electron chi connectivity index (χ3n) is 2.39. The average molecular weight is 220 g/mol. The molecule has 1 rings (SSSR count). The van der Waals surface area contributed by atoms with Gasteiger partial charge in [-0.2, -0.15) is 0 Å². The molecule has 80 valence electrons. The van der Waals surface area contributed by atoms with E-state index in [0.717, 1.165) is 12.8 Å². The molecule has 1 fully saturated rings. The van der Waals surface area contributed by atoms with Crippen molar-refractivity contribution in [1.29, 1.82) is 0 Å². The fourth-order valence-electron chi connectivity index (χ4n) is 1.51. The van der Waals surface area contributed by atoms with Crippen LogP contribution in [0.5, 0.6) is 0 Å². The van der Waals surface area contributed by atoms with Gasteiger partial charge in [0, 0.05) is 20.0 Å². The number of halogens is 1. The number of rotatable bonds is 2. The van der Waals surface area contributed by atoms with E-state index in [1.165, 1.54) is 6.92 Å². The van der Waals surface area contributed by atoms with Gasteiger partial charge in [0.25, 0.3) is 0 Å². The Hall–Kier alpha value is -0.770. The summed E-state index contributed by atoms with van der Waals surface area (Å²) in [5, 5.41) is -0.393. The molecule has 0 spiro atoms. The molecule has 0 unspecified atom stereocenters. The Kier molecular flexibility index (Phi) is 4.20. The van der Waals surface area contributed by atoms with Crippen LogP contribution in [0.2, 0.25) is 0 Å². The highest BCUT2D eigenvalue weighted by Gasteiger charge is 2.22. The predicted molar refractivity (Wildman–Crippen MR) is 52.2 cm³/mol. The normalized spacial score (nSPS) is 18.0. The van der Waals surface area contributed by atoms with Gasteiger partial charge in [-0.1, -0.05) is 0 Å². The van der Waals surface area contributed by atoms with E-state index in [2.05, 4.69) is 0 Å². The standard InChI is InChI=1S/C9H14ClNO3/c1-7(12)14-6-8-2-4-11(5-3-8)9(10)13/h8H,2-6H2,1H3. The lowest BCUT2D eigenvalue weighted by molar-refractivity contribution is -0.142. The fourth-order valence-corrected chi connectivity index (χ4v) is 1.68. The number of hydrogen-bond acceptors (Lipinski definition) is 3. The zero-order valence-corrected chi connectivity index (χ0v) is 8.92. The molecule has 1 amide bonds. The van der Waals surface area contributed by atoms with Crippen molar-refractivity contribution in [1.82, 2.24) is 4.90 Å². The van der Waals surface area contributed by atoms with Crippen molar-refractivity contribution in [3.8, 4) is 0 Å². The SMILES string of the molecule is CC(=O)OCC1CCN(C(=O)Cl)CC1. The van der Waals surface area contributed by atoms with Crippen LogP contribution in [0.25, 0.3) is 0 Å². The molecule has 0 N–H and O–H groups in total. The van der Waals surface area contributed by atoms with Crippen molar-refractivity contribution in [3.05, 3.63) is 0 Å². The van der Waals surface area contributed by atoms with E-state index in [9.17, 15) is 9.59 Å². The second-order valence-electron chi connectivity index (χ2n) is 3.49. The predicted octanol–water partition coefficient (Wildman–Crippen LogP) is 1.62. The van der Waals surface area contributed by atoms with Crippen LogP contribution in [0.3, 0.4) is 0 Å². The second kappa shape index (κ2) is 5.20. The average Bonchev–Trinajstić information content (AvgIpc) is 2.15. The van der Waals surface area contributed by atoms with Crippen LogP contribution >= 0.6 is 11.6 Å². The molecular formula is C9H14ClNO3. The van der Waals surface area contributed by atoms with E-state index >= 15 is 0 Å². The number of hydrogen-bond donors (Lipinski definition) is 0. The zero-order chi connectivity index (χ0) is 10.6. The van der Waals surface area contributed by atoms with Crippen LogP contribution < -0.4 is 0 Å². The summed E-state index contributed by atoms with van der Waals surface area (Å²) in [6, 6.07) is 0. The lowest BCUT2D eigenvalue weighted by Crippen LogP contribution is -2.36. The Morgan fingerprint density at radius 3 is 2.43 bits per heavy atom. The summed E-state index contributed by atoms with van der Waals surface area (Å²) in [4.78, 5) is 22.9. The third-order valence-corrected chi connectivity index (χ3v) is 2.62. The first-order chi connectivity index (χ1) is 6.59. The van der Waals surface area contributed by atoms with Gasteiger partial charge in [-0.25, -0.2) is 0 Å². The molecule has 1 saturated heterocycles. The van der Waals surface area contributed by atoms with Crippen molar-refractivity contribution in [2.45, 2.75) is 19.8 Å². The van der Waals surface area contributed by atoms with Gasteiger partial charge in [0.2, 0.25) is 0 Å². The monoisotopic (exact) mass is 219 g/mol. The molecule has 0 aliphatic carbocycles. The van der Waals surface area contributed by atoms with Crippen molar-refractivity contribution in [3.63, 3.8) is 0 Å². The molecule has 1 aliphatic heterocycles. The van der Waals surface area contributed by atoms with E-state index in [-0.39, 0.29) is 5.97 Å². The minimum atomic E-state index is -0.393. The van der Waals surface area contributed by atoms with Gasteiger partial charge in [-0.3, -0.25) is 9.59 Å². The van der Waals surface area contributed by atoms with Gasteiger partial charge in [0.15, 0.2) is 0 Å². The van der Waals surface area contributed by atoms with Gasteiger partial charge >= 0.3 is 11.3 Å². The number of likely N-dealkylation sites (tertiary alicyclic amines) is 1. The maximum absolute atomic E-state index is 10.8. The van der Waals surface area contributed by atoms with E-state index in [4.69, 9.17) is 16.3 Å². The van der Waals surface area contributed by atoms with Crippen LogP contribution in [0.4, 0.5) is 4.79 Å². The highest BCUT2D eigenvalue weighted by atomic mass is 35.5. The largest absolute Gasteiger partial charge is 0.466 e. The fraction of sp³-hybridized carbons (Fsp3) is 0.778. The molecule has 0 atom stereocenters. The van der Waals surface area contributed by atoms with Gasteiger partial charge in [-0.15, -0.1) is 0 Å². The Bertz CT molecular complexity index is 224. The lowest BCUT2D eigenvalue weighted by atomic mass is 9.98. The van der Waals surface area contributed by atoms with Gasteiger partial charge in [-0.05, 0) is 30.4 Å². The summed E-state index contributed by atoms with van der Waals surface area (Å²) in [6.07, 6.45) is 1.71. The molecular weight excluding hydrogens is 206 g/mol. The van der Waals surface area contributed by atoms with Crippen LogP contribution in [-0.2, 0) is 9.53 Å². The third kappa shape index (κ3) is 3.54. The number of ether oxygens (including phenoxy) is 1. The van der Waals surface area contributed by atoms with Crippen molar-refractivity contribution >= 4 is 22.9 Å². The summed E-state index contributed by atoms with van der Waals surface area (Å²) in [6.45, 7) is 3.18. The molecule has 0 aromatic heterocycles. The molecule has 0 aromatic rings. The van der Waals surface area contributed by atoms with Crippen LogP contribution in [0.15, 0.2) is 0 Å². The summed E-state index contributed by atoms with van der Waals surface area (Å²) in [5.74, 6) is 0.118. The number of esters is 1. The Labute approximate surface area is 88.2 Å². The maximum atomic E-state index is 10.8. The zero-order valence-electron chi connectivity index (χ0n) is 8.16. The maximum Gasteiger partial charge on any atom is 0.316 e. The van der Waals surface area contributed by atoms with Gasteiger partial charge in [0.05, 0.1) is 6.61 Å². The van der Waals surface area contributed by atoms with Crippen molar-refractivity contribution in [2.24, 2.45) is 5.92 Å². The van der Waals surface area contributed by atoms with E-state index in [1.807, 2.05) is 0 Å². The van der Waals surface area contributed by atoms with Crippen LogP contribution in [-0.4, -0.2) is 35.9 Å². The Morgan fingerprint density at radius 2 is 2.00 bits per heavy atom. The first kappa shape index (κ1) is 11.3. The summed E-state index contributed by atoms with van der Waals surface area (Å²) < 4.78 is 4.90. The number of piperidine rings is 1. The topological polar surface area (TPSA) is 46.6 Å². The number of amides is 1. The first-order valence-corrected chi connectivity index (χ1v) is 5.05. The van der Waals surface area contributed by atoms with Gasteiger partial charge < -0.3 is 9.64 Å². The highest BCUT2D eigenvalue weighted by molar-refractivity contribution is 6.62. The summed E-state index contributed by atoms with van der Waals surface area (Å²) >= 11 is 5.33. The Morgan fingerprint density at radius 1 is 1.43 bits per heavy atom. The molecule has 14 heavy (non-hydrogen) atoms. The molecule has 5 heteroatoms. The molecule has 0 saturated carbocycles. The quantitative estimate of drug-likeness (QED) is 0.403. The number of carbonyl (C=O) groups is 2. The summed E-state index contributed by atoms with van der Waals surface area (Å²) in [5.41, 5.74) is 0. The first-order valence-electron chi connectivity index (χ1n) is 4.67. The second-order valence-corrected chi connectivity index (χ2v) is 3.81. The van der Waals surface area contributed by atoms with Gasteiger partial charge in [0.1, 0.15) is 0 Å². The van der Waals surface area contributed by atoms with Crippen LogP contribution in [0.1, 0.15) is 19.8 Å². The van der Waals surface area contributed by atoms with E-state index < -0.39 is 5.37 Å². The highest BCUT2D eigenvalue weighted by Crippen LogP contribution is 2.18. The lowest BCUT2D eigenvalue weighted by Gasteiger charge is -2.29. The summed E-state index contributed by atoms with van der Waals surface area (Å²) in [7, 11) is 0. The number of carbonyl (C=O) groups excluding carboxylic acids is 2. The van der Waals surface area contributed by atoms with Crippen molar-refractivity contribution in [2.75, 3.05) is 19.7 Å². The van der Waals surface area contributed by atoms with E-state index in [0.29, 0.717) is 25.6 Å². The van der Waals surface area contributed by atoms with E-state index in [1.54, 1.807) is 4.90 Å². The van der Waals surface area contributed by atoms with Crippen molar-refractivity contribution < 1.29 is 14.3 Å². The minimum Gasteiger partial charge on any atom is -0.466 e. The molecule has 0 aromatic carbocycles. The molecule has 0 radical (unpaired) electrons. The van der Waals surface area contributed by atoms with Crippen LogP contribution in [0, 0.1) is 5.92 Å². The molecule has 4 nitrogen and oxygen atoms in total. The minimum absolute atomic E-state index is 0.249. The molecule has 1 aliphatic rings. The smallest absolute Gasteiger partial charge is 0.316 e.